The van der Waals surface area contributed by atoms with Gasteiger partial charge in [-0.15, -0.1) is 0 Å². The number of aliphatic carboxylic acids is 1. The van der Waals surface area contributed by atoms with Gasteiger partial charge in [0.2, 0.25) is 0 Å². The van der Waals surface area contributed by atoms with Gasteiger partial charge in [-0.1, -0.05) is 6.92 Å². The maximum absolute atomic E-state index is 10.5. The van der Waals surface area contributed by atoms with Crippen molar-refractivity contribution in [2.24, 2.45) is 0 Å². The molecule has 0 saturated carbocycles. The Bertz CT molecular complexity index is 341. The Kier molecular flexibility index (Phi) is 5.63. The van der Waals surface area contributed by atoms with E-state index >= 15 is 0 Å². The van der Waals surface area contributed by atoms with Crippen LogP contribution < -0.4 is 0 Å². The molecule has 0 aliphatic heterocycles. The Morgan fingerprint density at radius 2 is 2.12 bits per heavy atom. The van der Waals surface area contributed by atoms with Crippen LogP contribution in [0.4, 0.5) is 0 Å². The van der Waals surface area contributed by atoms with E-state index in [1.165, 1.54) is 5.56 Å². The summed E-state index contributed by atoms with van der Waals surface area (Å²) in [6.07, 6.45) is 4.48. The zero-order chi connectivity index (χ0) is 12.7. The molecule has 0 saturated heterocycles. The second-order valence-electron chi connectivity index (χ2n) is 4.20. The van der Waals surface area contributed by atoms with E-state index in [0.29, 0.717) is 6.42 Å². The Morgan fingerprint density at radius 1 is 1.47 bits per heavy atom. The number of carboxylic acids is 1. The van der Waals surface area contributed by atoms with Gasteiger partial charge in [-0.05, 0) is 37.6 Å². The molecule has 94 valence electrons. The summed E-state index contributed by atoms with van der Waals surface area (Å²) in [5.41, 5.74) is 1.21. The van der Waals surface area contributed by atoms with Crippen molar-refractivity contribution in [2.45, 2.75) is 39.3 Å². The molecular weight excluding hydrogens is 216 g/mol. The molecule has 0 aromatic carbocycles. The van der Waals surface area contributed by atoms with Crippen molar-refractivity contribution in [3.05, 3.63) is 30.1 Å². The number of nitrogens with zero attached hydrogens (tertiary/aromatic N) is 2. The second-order valence-corrected chi connectivity index (χ2v) is 4.20. The molecule has 0 amide bonds. The van der Waals surface area contributed by atoms with Crippen LogP contribution in [0.1, 0.15) is 32.3 Å². The molecule has 0 radical (unpaired) electrons. The fourth-order valence-corrected chi connectivity index (χ4v) is 1.82. The van der Waals surface area contributed by atoms with Crippen LogP contribution in [0.2, 0.25) is 0 Å². The lowest BCUT2D eigenvalue weighted by atomic mass is 10.1. The first kappa shape index (κ1) is 13.6. The van der Waals surface area contributed by atoms with Crippen LogP contribution in [0.25, 0.3) is 0 Å². The van der Waals surface area contributed by atoms with Crippen molar-refractivity contribution < 1.29 is 9.90 Å². The van der Waals surface area contributed by atoms with E-state index in [1.807, 2.05) is 12.1 Å². The van der Waals surface area contributed by atoms with Crippen LogP contribution in [0.5, 0.6) is 0 Å². The average Bonchev–Trinajstić information content (AvgIpc) is 2.34. The lowest BCUT2D eigenvalue weighted by Crippen LogP contribution is -2.32. The molecule has 0 fully saturated rings. The van der Waals surface area contributed by atoms with Crippen LogP contribution in [0.15, 0.2) is 24.5 Å². The van der Waals surface area contributed by atoms with E-state index < -0.39 is 5.97 Å². The molecule has 0 aliphatic carbocycles. The minimum absolute atomic E-state index is 0.230. The van der Waals surface area contributed by atoms with Crippen LogP contribution >= 0.6 is 0 Å². The number of carbonyl (C=O) groups is 1. The van der Waals surface area contributed by atoms with E-state index in [0.717, 1.165) is 13.1 Å². The summed E-state index contributed by atoms with van der Waals surface area (Å²) < 4.78 is 0. The predicted molar refractivity (Wildman–Crippen MR) is 66.7 cm³/mol. The summed E-state index contributed by atoms with van der Waals surface area (Å²) in [5, 5.41) is 8.68. The van der Waals surface area contributed by atoms with Crippen LogP contribution in [0, 0.1) is 0 Å². The summed E-state index contributed by atoms with van der Waals surface area (Å²) in [4.78, 5) is 16.8. The van der Waals surface area contributed by atoms with Crippen molar-refractivity contribution >= 4 is 5.97 Å². The minimum atomic E-state index is -0.725. The molecular formula is C13H20N2O2. The Hall–Kier alpha value is -1.42. The number of hydrogen-bond donors (Lipinski definition) is 1. The molecule has 0 aliphatic rings. The third-order valence-electron chi connectivity index (χ3n) is 2.94. The summed E-state index contributed by atoms with van der Waals surface area (Å²) in [5.74, 6) is -0.725. The van der Waals surface area contributed by atoms with Crippen molar-refractivity contribution in [2.75, 3.05) is 6.54 Å². The fraction of sp³-hybridized carbons (Fsp3) is 0.538. The first-order chi connectivity index (χ1) is 8.13. The van der Waals surface area contributed by atoms with Gasteiger partial charge in [-0.3, -0.25) is 14.7 Å². The van der Waals surface area contributed by atoms with Gasteiger partial charge in [-0.25, -0.2) is 0 Å². The third kappa shape index (κ3) is 4.95. The lowest BCUT2D eigenvalue weighted by molar-refractivity contribution is -0.137. The van der Waals surface area contributed by atoms with Gasteiger partial charge in [-0.2, -0.15) is 0 Å². The van der Waals surface area contributed by atoms with Crippen molar-refractivity contribution in [3.8, 4) is 0 Å². The third-order valence-corrected chi connectivity index (χ3v) is 2.94. The number of aromatic nitrogens is 1. The Morgan fingerprint density at radius 3 is 2.65 bits per heavy atom. The fourth-order valence-electron chi connectivity index (χ4n) is 1.82. The van der Waals surface area contributed by atoms with Crippen molar-refractivity contribution in [1.82, 2.24) is 9.88 Å². The molecule has 0 bridgehead atoms. The molecule has 1 rings (SSSR count). The van der Waals surface area contributed by atoms with Crippen LogP contribution in [-0.4, -0.2) is 33.5 Å². The number of pyridine rings is 1. The first-order valence-corrected chi connectivity index (χ1v) is 5.98. The normalized spacial score (nSPS) is 12.6. The molecule has 0 spiro atoms. The van der Waals surface area contributed by atoms with Gasteiger partial charge in [0, 0.05) is 31.4 Å². The van der Waals surface area contributed by atoms with E-state index in [-0.39, 0.29) is 12.5 Å². The van der Waals surface area contributed by atoms with Gasteiger partial charge in [0.05, 0.1) is 0 Å². The van der Waals surface area contributed by atoms with E-state index in [2.05, 4.69) is 23.7 Å². The van der Waals surface area contributed by atoms with Crippen LogP contribution in [0.3, 0.4) is 0 Å². The van der Waals surface area contributed by atoms with E-state index in [4.69, 9.17) is 5.11 Å². The predicted octanol–water partition coefficient (Wildman–Crippen LogP) is 2.16. The topological polar surface area (TPSA) is 53.4 Å². The van der Waals surface area contributed by atoms with Gasteiger partial charge in [0.1, 0.15) is 0 Å². The number of rotatable bonds is 7. The highest BCUT2D eigenvalue weighted by molar-refractivity contribution is 5.66. The minimum Gasteiger partial charge on any atom is -0.481 e. The summed E-state index contributed by atoms with van der Waals surface area (Å²) in [6, 6.07) is 4.27. The second kappa shape index (κ2) is 7.01. The summed E-state index contributed by atoms with van der Waals surface area (Å²) >= 11 is 0. The van der Waals surface area contributed by atoms with Gasteiger partial charge in [0.15, 0.2) is 0 Å². The monoisotopic (exact) mass is 236 g/mol. The molecule has 4 nitrogen and oxygen atoms in total. The first-order valence-electron chi connectivity index (χ1n) is 5.98. The van der Waals surface area contributed by atoms with Crippen molar-refractivity contribution in [3.63, 3.8) is 0 Å². The molecule has 1 aromatic rings. The zero-order valence-electron chi connectivity index (χ0n) is 10.5. The Labute approximate surface area is 102 Å². The smallest absolute Gasteiger partial charge is 0.303 e. The standard InChI is InChI=1S/C13H20N2O2/c1-3-15(11(2)4-5-13(16)17)10-12-6-8-14-9-7-12/h6-9,11H,3-5,10H2,1-2H3,(H,16,17). The highest BCUT2D eigenvalue weighted by atomic mass is 16.4. The number of carboxylic acid groups (broad SMARTS) is 1. The molecule has 1 aromatic heterocycles. The summed E-state index contributed by atoms with van der Waals surface area (Å²) in [7, 11) is 0. The van der Waals surface area contributed by atoms with Gasteiger partial charge in [0.25, 0.3) is 0 Å². The molecule has 4 heteroatoms. The Balaban J connectivity index is 2.50. The summed E-state index contributed by atoms with van der Waals surface area (Å²) in [6.45, 7) is 5.94. The van der Waals surface area contributed by atoms with Crippen molar-refractivity contribution in [1.29, 1.82) is 0 Å². The largest absolute Gasteiger partial charge is 0.481 e. The van der Waals surface area contributed by atoms with Gasteiger partial charge < -0.3 is 5.11 Å². The molecule has 17 heavy (non-hydrogen) atoms. The molecule has 1 heterocycles. The zero-order valence-corrected chi connectivity index (χ0v) is 10.5. The lowest BCUT2D eigenvalue weighted by Gasteiger charge is -2.27. The highest BCUT2D eigenvalue weighted by Crippen LogP contribution is 2.11. The number of hydrogen-bond acceptors (Lipinski definition) is 3. The van der Waals surface area contributed by atoms with Crippen LogP contribution in [-0.2, 0) is 11.3 Å². The molecule has 1 atom stereocenters. The SMILES string of the molecule is CCN(Cc1ccncc1)C(C)CCC(=O)O. The average molecular weight is 236 g/mol. The van der Waals surface area contributed by atoms with E-state index in [9.17, 15) is 4.79 Å². The quantitative estimate of drug-likeness (QED) is 0.788. The highest BCUT2D eigenvalue weighted by Gasteiger charge is 2.13. The molecule has 1 unspecified atom stereocenters. The maximum Gasteiger partial charge on any atom is 0.303 e. The van der Waals surface area contributed by atoms with Gasteiger partial charge >= 0.3 is 5.97 Å². The molecule has 1 N–H and O–H groups in total. The maximum atomic E-state index is 10.5. The van der Waals surface area contributed by atoms with E-state index in [1.54, 1.807) is 12.4 Å².